The monoisotopic (exact) mass is 480 g/mol. The zero-order valence-corrected chi connectivity index (χ0v) is 21.0. The zero-order chi connectivity index (χ0) is 24.9. The van der Waals surface area contributed by atoms with Crippen LogP contribution >= 0.6 is 0 Å². The summed E-state index contributed by atoms with van der Waals surface area (Å²) >= 11 is 0. The molecule has 2 aliphatic heterocycles. The number of rotatable bonds is 6. The van der Waals surface area contributed by atoms with E-state index in [1.165, 1.54) is 0 Å². The first kappa shape index (κ1) is 25.9. The van der Waals surface area contributed by atoms with Gasteiger partial charge in [0.25, 0.3) is 5.79 Å². The van der Waals surface area contributed by atoms with E-state index in [1.54, 1.807) is 21.0 Å². The summed E-state index contributed by atoms with van der Waals surface area (Å²) < 4.78 is 19.1. The third-order valence-corrected chi connectivity index (χ3v) is 7.73. The number of aliphatic hydroxyl groups excluding tert-OH is 1. The minimum absolute atomic E-state index is 0.0289. The van der Waals surface area contributed by atoms with Gasteiger partial charge in [-0.25, -0.2) is 0 Å². The van der Waals surface area contributed by atoms with Gasteiger partial charge in [-0.1, -0.05) is 6.07 Å². The van der Waals surface area contributed by atoms with Crippen LogP contribution in [0.5, 0.6) is 0 Å². The molecule has 34 heavy (non-hydrogen) atoms. The Labute approximate surface area is 201 Å². The summed E-state index contributed by atoms with van der Waals surface area (Å²) in [6.45, 7) is 7.71. The number of pyridine rings is 1. The molecule has 1 aromatic heterocycles. The molecule has 2 saturated heterocycles. The summed E-state index contributed by atoms with van der Waals surface area (Å²) in [5.74, 6) is -3.82. The predicted octanol–water partition coefficient (Wildman–Crippen LogP) is -0.461. The molecule has 4 rings (SSSR count). The molecular weight excluding hydrogens is 440 g/mol. The summed E-state index contributed by atoms with van der Waals surface area (Å²) in [6.07, 6.45) is -1.35. The average molecular weight is 481 g/mol. The van der Waals surface area contributed by atoms with Gasteiger partial charge in [0.2, 0.25) is 5.79 Å². The first-order valence-electron chi connectivity index (χ1n) is 12.1. The molecular formula is C24H40N4O6. The molecule has 1 saturated carbocycles. The number of likely N-dealkylation sites (N-methyl/N-ethyl adjacent to an activating group) is 2. The minimum Gasteiger partial charge on any atom is -0.390 e. The highest BCUT2D eigenvalue weighted by atomic mass is 16.8. The Bertz CT molecular complexity index is 893. The van der Waals surface area contributed by atoms with Gasteiger partial charge in [-0.15, -0.1) is 0 Å². The molecule has 0 amide bonds. The van der Waals surface area contributed by atoms with Crippen LogP contribution in [0.15, 0.2) is 18.2 Å². The number of ether oxygens (including phenoxy) is 3. The molecule has 3 aliphatic rings. The molecule has 192 valence electrons. The Morgan fingerprint density at radius 1 is 1.12 bits per heavy atom. The first-order chi connectivity index (χ1) is 15.9. The van der Waals surface area contributed by atoms with Crippen molar-refractivity contribution in [1.29, 1.82) is 0 Å². The molecule has 6 N–H and O–H groups in total. The predicted molar refractivity (Wildman–Crippen MR) is 125 cm³/mol. The van der Waals surface area contributed by atoms with Crippen LogP contribution in [-0.2, 0) is 20.8 Å². The number of aliphatic hydroxyl groups is 3. The van der Waals surface area contributed by atoms with Gasteiger partial charge in [-0.2, -0.15) is 0 Å². The number of nitrogens with one attached hydrogen (secondary N) is 3. The number of hydrogen-bond acceptors (Lipinski definition) is 10. The van der Waals surface area contributed by atoms with Crippen LogP contribution in [0, 0.1) is 6.92 Å². The Morgan fingerprint density at radius 2 is 1.85 bits per heavy atom. The van der Waals surface area contributed by atoms with E-state index in [9.17, 15) is 15.3 Å². The van der Waals surface area contributed by atoms with Crippen molar-refractivity contribution in [3.63, 3.8) is 0 Å². The van der Waals surface area contributed by atoms with Crippen LogP contribution in [0.4, 0.5) is 0 Å². The lowest BCUT2D eigenvalue weighted by Gasteiger charge is -2.66. The van der Waals surface area contributed by atoms with Crippen LogP contribution < -0.4 is 16.0 Å². The van der Waals surface area contributed by atoms with Crippen molar-refractivity contribution in [2.75, 3.05) is 20.6 Å². The van der Waals surface area contributed by atoms with Crippen LogP contribution in [-0.4, -0.2) is 94.1 Å². The summed E-state index contributed by atoms with van der Waals surface area (Å²) in [5.41, 5.74) is -0.886. The van der Waals surface area contributed by atoms with Crippen molar-refractivity contribution < 1.29 is 29.5 Å². The van der Waals surface area contributed by atoms with Gasteiger partial charge >= 0.3 is 0 Å². The second-order valence-electron chi connectivity index (χ2n) is 10.5. The van der Waals surface area contributed by atoms with E-state index in [0.717, 1.165) is 11.4 Å². The van der Waals surface area contributed by atoms with Gasteiger partial charge < -0.3 is 45.5 Å². The molecule has 0 bridgehead atoms. The number of hydrogen-bond donors (Lipinski definition) is 6. The minimum atomic E-state index is -2.19. The van der Waals surface area contributed by atoms with E-state index in [2.05, 4.69) is 20.9 Å². The smallest absolute Gasteiger partial charge is 0.252 e. The highest BCUT2D eigenvalue weighted by molar-refractivity contribution is 5.17. The van der Waals surface area contributed by atoms with Gasteiger partial charge in [-0.05, 0) is 60.3 Å². The van der Waals surface area contributed by atoms with Gasteiger partial charge in [0.1, 0.15) is 11.7 Å². The Hall–Kier alpha value is -1.21. The summed E-state index contributed by atoms with van der Waals surface area (Å²) in [5, 5.41) is 44.3. The van der Waals surface area contributed by atoms with E-state index < -0.39 is 47.1 Å². The van der Waals surface area contributed by atoms with Gasteiger partial charge in [-0.3, -0.25) is 4.98 Å². The second kappa shape index (κ2) is 9.02. The van der Waals surface area contributed by atoms with E-state index >= 15 is 0 Å². The normalized spacial score (nSPS) is 46.6. The SMILES string of the molecule is CN[C@H]1[C@@H](O)[C@@H](NC)C[C@@]2(C)O[C@]3(C)O[C@H](C)C[C@@](O)(CNCc4cccc(C)n4)[C@]3(O)O[C@H]12. The van der Waals surface area contributed by atoms with Crippen LogP contribution in [0.25, 0.3) is 0 Å². The van der Waals surface area contributed by atoms with Crippen molar-refractivity contribution in [2.45, 2.75) is 100 Å². The lowest BCUT2D eigenvalue weighted by Crippen LogP contribution is -2.85. The Balaban J connectivity index is 1.63. The maximum atomic E-state index is 12.0. The summed E-state index contributed by atoms with van der Waals surface area (Å²) in [7, 11) is 3.52. The number of aryl methyl sites for hydroxylation is 1. The highest BCUT2D eigenvalue weighted by Crippen LogP contribution is 2.54. The molecule has 10 nitrogen and oxygen atoms in total. The lowest BCUT2D eigenvalue weighted by molar-refractivity contribution is -0.531. The fourth-order valence-corrected chi connectivity index (χ4v) is 6.14. The van der Waals surface area contributed by atoms with E-state index in [-0.39, 0.29) is 19.0 Å². The molecule has 1 aromatic rings. The molecule has 1 aliphatic carbocycles. The third-order valence-electron chi connectivity index (χ3n) is 7.73. The van der Waals surface area contributed by atoms with Crippen molar-refractivity contribution >= 4 is 0 Å². The molecule has 3 fully saturated rings. The number of aromatic nitrogens is 1. The molecule has 0 unspecified atom stereocenters. The van der Waals surface area contributed by atoms with Crippen molar-refractivity contribution in [2.24, 2.45) is 0 Å². The lowest BCUT2D eigenvalue weighted by atomic mass is 9.71. The average Bonchev–Trinajstić information content (AvgIpc) is 2.74. The Morgan fingerprint density at radius 3 is 2.50 bits per heavy atom. The van der Waals surface area contributed by atoms with Crippen LogP contribution in [0.2, 0.25) is 0 Å². The molecule has 0 spiro atoms. The second-order valence-corrected chi connectivity index (χ2v) is 10.5. The first-order valence-corrected chi connectivity index (χ1v) is 12.1. The van der Waals surface area contributed by atoms with E-state index in [1.807, 2.05) is 39.0 Å². The largest absolute Gasteiger partial charge is 0.390 e. The maximum Gasteiger partial charge on any atom is 0.252 e. The van der Waals surface area contributed by atoms with Gasteiger partial charge in [0, 0.05) is 31.2 Å². The fourth-order valence-electron chi connectivity index (χ4n) is 6.14. The molecule has 9 atom stereocenters. The zero-order valence-electron chi connectivity index (χ0n) is 21.0. The molecule has 10 heteroatoms. The standard InChI is InChI=1S/C24H40N4O6/c1-14-8-7-9-16(28-14)12-27-13-23(30)10-15(2)32-22(4)24(23,31)33-20-18(26-6)19(29)17(25-5)11-21(20,3)34-22/h7-9,15,17-20,25-27,29-31H,10-13H2,1-6H3/t15-,17+,18+,19+,20-,21-,22+,23-,24-/m1/s1. The summed E-state index contributed by atoms with van der Waals surface area (Å²) in [4.78, 5) is 4.48. The third kappa shape index (κ3) is 4.08. The summed E-state index contributed by atoms with van der Waals surface area (Å²) in [6, 6.07) is 4.96. The van der Waals surface area contributed by atoms with E-state index in [4.69, 9.17) is 14.2 Å². The Kier molecular flexibility index (Phi) is 6.87. The van der Waals surface area contributed by atoms with E-state index in [0.29, 0.717) is 13.0 Å². The fraction of sp³-hybridized carbons (Fsp3) is 0.792. The quantitative estimate of drug-likeness (QED) is 0.317. The van der Waals surface area contributed by atoms with Gasteiger partial charge in [0.15, 0.2) is 0 Å². The molecule has 0 aromatic carbocycles. The van der Waals surface area contributed by atoms with Crippen LogP contribution in [0.3, 0.4) is 0 Å². The van der Waals surface area contributed by atoms with Crippen LogP contribution in [0.1, 0.15) is 45.0 Å². The van der Waals surface area contributed by atoms with Gasteiger partial charge in [0.05, 0.1) is 29.5 Å². The van der Waals surface area contributed by atoms with Crippen molar-refractivity contribution in [1.82, 2.24) is 20.9 Å². The molecule has 3 heterocycles. The topological polar surface area (TPSA) is 137 Å². The van der Waals surface area contributed by atoms with Crippen molar-refractivity contribution in [3.8, 4) is 0 Å². The number of nitrogens with zero attached hydrogens (tertiary/aromatic N) is 1. The molecule has 0 radical (unpaired) electrons. The highest BCUT2D eigenvalue weighted by Gasteiger charge is 2.74. The van der Waals surface area contributed by atoms with Crippen molar-refractivity contribution in [3.05, 3.63) is 29.6 Å². The maximum absolute atomic E-state index is 12.0. The number of fused-ring (bicyclic) bond motifs is 2.